The summed E-state index contributed by atoms with van der Waals surface area (Å²) >= 11 is 0. The van der Waals surface area contributed by atoms with E-state index in [-0.39, 0.29) is 0 Å². The van der Waals surface area contributed by atoms with E-state index in [0.717, 1.165) is 18.3 Å². The van der Waals surface area contributed by atoms with Crippen molar-refractivity contribution in [1.82, 2.24) is 15.1 Å². The highest BCUT2D eigenvalue weighted by Gasteiger charge is 2.28. The summed E-state index contributed by atoms with van der Waals surface area (Å²) in [6.07, 6.45) is 7.23. The Morgan fingerprint density at radius 2 is 2.38 bits per heavy atom. The Morgan fingerprint density at radius 3 is 2.88 bits per heavy atom. The number of hydrogen-bond donors (Lipinski definition) is 1. The second-order valence-electron chi connectivity index (χ2n) is 5.26. The van der Waals surface area contributed by atoms with Gasteiger partial charge in [0.1, 0.15) is 0 Å². The first kappa shape index (κ1) is 11.6. The number of hydrogen-bond acceptors (Lipinski definition) is 2. The number of rotatable bonds is 4. The van der Waals surface area contributed by atoms with E-state index in [1.54, 1.807) is 0 Å². The van der Waals surface area contributed by atoms with Gasteiger partial charge in [-0.25, -0.2) is 0 Å². The summed E-state index contributed by atoms with van der Waals surface area (Å²) < 4.78 is 1.89. The Kier molecular flexibility index (Phi) is 3.64. The molecule has 0 radical (unpaired) electrons. The van der Waals surface area contributed by atoms with Crippen molar-refractivity contribution in [3.05, 3.63) is 18.0 Å². The molecule has 1 aliphatic rings. The molecule has 1 N–H and O–H groups in total. The van der Waals surface area contributed by atoms with Crippen LogP contribution in [0, 0.1) is 11.8 Å². The van der Waals surface area contributed by atoms with E-state index >= 15 is 0 Å². The van der Waals surface area contributed by atoms with Gasteiger partial charge in [-0.2, -0.15) is 5.10 Å². The molecule has 0 saturated heterocycles. The van der Waals surface area contributed by atoms with Crippen LogP contribution in [0.5, 0.6) is 0 Å². The normalized spacial score (nSPS) is 27.2. The lowest BCUT2D eigenvalue weighted by molar-refractivity contribution is 0.364. The molecule has 1 aliphatic carbocycles. The summed E-state index contributed by atoms with van der Waals surface area (Å²) in [5, 5.41) is 7.94. The number of nitrogens with one attached hydrogen (secondary N) is 1. The Hall–Kier alpha value is -0.830. The highest BCUT2D eigenvalue weighted by atomic mass is 15.2. The summed E-state index contributed by atoms with van der Waals surface area (Å²) in [4.78, 5) is 0. The molecular formula is C13H23N3. The van der Waals surface area contributed by atoms with Gasteiger partial charge in [-0.1, -0.05) is 13.3 Å². The van der Waals surface area contributed by atoms with Crippen LogP contribution in [-0.2, 0) is 13.5 Å². The van der Waals surface area contributed by atoms with E-state index in [9.17, 15) is 0 Å². The van der Waals surface area contributed by atoms with Crippen molar-refractivity contribution >= 4 is 0 Å². The van der Waals surface area contributed by atoms with Gasteiger partial charge in [0.15, 0.2) is 0 Å². The van der Waals surface area contributed by atoms with Gasteiger partial charge in [0.05, 0.1) is 5.69 Å². The molecule has 1 saturated carbocycles. The third-order valence-corrected chi connectivity index (χ3v) is 3.87. The van der Waals surface area contributed by atoms with Gasteiger partial charge in [0.2, 0.25) is 0 Å². The van der Waals surface area contributed by atoms with Crippen LogP contribution in [0.1, 0.15) is 31.9 Å². The molecule has 0 bridgehead atoms. The summed E-state index contributed by atoms with van der Waals surface area (Å²) in [6.45, 7) is 2.37. The Labute approximate surface area is 98.2 Å². The van der Waals surface area contributed by atoms with Gasteiger partial charge in [0, 0.05) is 25.7 Å². The molecule has 0 aliphatic heterocycles. The van der Waals surface area contributed by atoms with E-state index in [0.29, 0.717) is 6.04 Å². The molecule has 1 aromatic rings. The van der Waals surface area contributed by atoms with Crippen LogP contribution in [0.2, 0.25) is 0 Å². The van der Waals surface area contributed by atoms with Crippen molar-refractivity contribution < 1.29 is 0 Å². The number of aromatic nitrogens is 2. The zero-order valence-corrected chi connectivity index (χ0v) is 10.6. The molecule has 3 heteroatoms. The minimum absolute atomic E-state index is 0.597. The molecule has 3 atom stereocenters. The molecule has 3 nitrogen and oxygen atoms in total. The van der Waals surface area contributed by atoms with Crippen LogP contribution < -0.4 is 5.32 Å². The zero-order chi connectivity index (χ0) is 11.5. The number of nitrogens with zero attached hydrogens (tertiary/aromatic N) is 2. The molecule has 0 spiro atoms. The largest absolute Gasteiger partial charge is 0.316 e. The van der Waals surface area contributed by atoms with E-state index < -0.39 is 0 Å². The van der Waals surface area contributed by atoms with Gasteiger partial charge >= 0.3 is 0 Å². The molecule has 0 aromatic carbocycles. The fourth-order valence-electron chi connectivity index (χ4n) is 2.92. The monoisotopic (exact) mass is 221 g/mol. The smallest absolute Gasteiger partial charge is 0.0640 e. The molecule has 3 unspecified atom stereocenters. The van der Waals surface area contributed by atoms with Crippen LogP contribution in [0.3, 0.4) is 0 Å². The van der Waals surface area contributed by atoms with Crippen LogP contribution in [-0.4, -0.2) is 22.9 Å². The fourth-order valence-corrected chi connectivity index (χ4v) is 2.92. The molecule has 1 fully saturated rings. The van der Waals surface area contributed by atoms with Gasteiger partial charge in [-0.15, -0.1) is 0 Å². The van der Waals surface area contributed by atoms with E-state index in [4.69, 9.17) is 0 Å². The fraction of sp³-hybridized carbons (Fsp3) is 0.769. The lowest BCUT2D eigenvalue weighted by Gasteiger charge is -2.22. The highest BCUT2D eigenvalue weighted by Crippen LogP contribution is 2.33. The maximum atomic E-state index is 4.47. The Bertz CT molecular complexity index is 332. The molecule has 16 heavy (non-hydrogen) atoms. The van der Waals surface area contributed by atoms with Crippen LogP contribution >= 0.6 is 0 Å². The maximum Gasteiger partial charge on any atom is 0.0640 e. The summed E-state index contributed by atoms with van der Waals surface area (Å²) in [7, 11) is 4.06. The van der Waals surface area contributed by atoms with E-state index in [1.807, 2.05) is 17.9 Å². The van der Waals surface area contributed by atoms with Gasteiger partial charge in [-0.05, 0) is 37.8 Å². The minimum atomic E-state index is 0.597. The van der Waals surface area contributed by atoms with Gasteiger partial charge < -0.3 is 5.32 Å². The summed E-state index contributed by atoms with van der Waals surface area (Å²) in [5.41, 5.74) is 1.21. The predicted molar refractivity (Wildman–Crippen MR) is 66.3 cm³/mol. The van der Waals surface area contributed by atoms with Crippen molar-refractivity contribution in [3.8, 4) is 0 Å². The van der Waals surface area contributed by atoms with Crippen LogP contribution in [0.25, 0.3) is 0 Å². The Morgan fingerprint density at radius 1 is 1.56 bits per heavy atom. The standard InChI is InChI=1S/C13H23N3/c1-10-4-5-11(8-10)13(14-2)9-12-6-7-16(3)15-12/h6-7,10-11,13-14H,4-5,8-9H2,1-3H3. The molecule has 2 rings (SSSR count). The topological polar surface area (TPSA) is 29.9 Å². The van der Waals surface area contributed by atoms with Crippen molar-refractivity contribution in [3.63, 3.8) is 0 Å². The number of likely N-dealkylation sites (N-methyl/N-ethyl adjacent to an activating group) is 1. The van der Waals surface area contributed by atoms with Crippen molar-refractivity contribution in [2.45, 2.75) is 38.6 Å². The van der Waals surface area contributed by atoms with Crippen molar-refractivity contribution in [1.29, 1.82) is 0 Å². The summed E-state index contributed by atoms with van der Waals surface area (Å²) in [5.74, 6) is 1.74. The average Bonchev–Trinajstić information content (AvgIpc) is 2.84. The van der Waals surface area contributed by atoms with E-state index in [1.165, 1.54) is 25.0 Å². The quantitative estimate of drug-likeness (QED) is 0.842. The van der Waals surface area contributed by atoms with Gasteiger partial charge in [-0.3, -0.25) is 4.68 Å². The first-order chi connectivity index (χ1) is 7.69. The molecule has 1 aromatic heterocycles. The predicted octanol–water partition coefficient (Wildman–Crippen LogP) is 1.99. The van der Waals surface area contributed by atoms with Crippen molar-refractivity contribution in [2.75, 3.05) is 7.05 Å². The lowest BCUT2D eigenvalue weighted by atomic mass is 9.93. The maximum absolute atomic E-state index is 4.47. The van der Waals surface area contributed by atoms with Crippen LogP contribution in [0.4, 0.5) is 0 Å². The lowest BCUT2D eigenvalue weighted by Crippen LogP contribution is -2.34. The first-order valence-electron chi connectivity index (χ1n) is 6.35. The van der Waals surface area contributed by atoms with Crippen molar-refractivity contribution in [2.24, 2.45) is 18.9 Å². The molecule has 1 heterocycles. The van der Waals surface area contributed by atoms with Crippen LogP contribution in [0.15, 0.2) is 12.3 Å². The minimum Gasteiger partial charge on any atom is -0.316 e. The average molecular weight is 221 g/mol. The second kappa shape index (κ2) is 5.00. The Balaban J connectivity index is 1.95. The zero-order valence-electron chi connectivity index (χ0n) is 10.6. The first-order valence-corrected chi connectivity index (χ1v) is 6.35. The van der Waals surface area contributed by atoms with E-state index in [2.05, 4.69) is 30.5 Å². The molecular weight excluding hydrogens is 198 g/mol. The van der Waals surface area contributed by atoms with Gasteiger partial charge in [0.25, 0.3) is 0 Å². The summed E-state index contributed by atoms with van der Waals surface area (Å²) in [6, 6.07) is 2.72. The third-order valence-electron chi connectivity index (χ3n) is 3.87. The second-order valence-corrected chi connectivity index (χ2v) is 5.26. The third kappa shape index (κ3) is 2.64. The highest BCUT2D eigenvalue weighted by molar-refractivity contribution is 5.02. The number of aryl methyl sites for hydroxylation is 1. The SMILES string of the molecule is CNC(Cc1ccn(C)n1)C1CCC(C)C1. The molecule has 90 valence electrons. The molecule has 0 amide bonds.